The third-order valence-corrected chi connectivity index (χ3v) is 8.10. The molecule has 2 heteroatoms. The molecule has 0 N–H and O–H groups in total. The summed E-state index contributed by atoms with van der Waals surface area (Å²) in [5.74, 6) is 0. The summed E-state index contributed by atoms with van der Waals surface area (Å²) in [5, 5.41) is 0. The molecule has 2 nitrogen and oxygen atoms in total. The second kappa shape index (κ2) is 20.6. The molecule has 0 unspecified atom stereocenters. The van der Waals surface area contributed by atoms with Crippen LogP contribution in [0.3, 0.4) is 0 Å². The van der Waals surface area contributed by atoms with E-state index >= 15 is 0 Å². The molecule has 0 bridgehead atoms. The van der Waals surface area contributed by atoms with E-state index < -0.39 is 0 Å². The summed E-state index contributed by atoms with van der Waals surface area (Å²) in [7, 11) is 0. The average molecular weight is 545 g/mol. The van der Waals surface area contributed by atoms with E-state index in [4.69, 9.17) is 9.98 Å². The number of aryl methyl sites for hydroxylation is 4. The van der Waals surface area contributed by atoms with Crippen LogP contribution in [0.25, 0.3) is 0 Å². The molecule has 0 heterocycles. The molecular formula is C38H60N2. The van der Waals surface area contributed by atoms with Crippen LogP contribution in [0.4, 0.5) is 11.4 Å². The molecule has 40 heavy (non-hydrogen) atoms. The molecule has 222 valence electrons. The van der Waals surface area contributed by atoms with Gasteiger partial charge >= 0.3 is 0 Å². The Hall–Kier alpha value is -2.22. The third-order valence-electron chi connectivity index (χ3n) is 8.10. The van der Waals surface area contributed by atoms with Gasteiger partial charge in [-0.25, -0.2) is 0 Å². The molecule has 0 fully saturated rings. The number of hydrogen-bond donors (Lipinski definition) is 0. The highest BCUT2D eigenvalue weighted by Crippen LogP contribution is 2.25. The van der Waals surface area contributed by atoms with E-state index in [1.165, 1.54) is 111 Å². The molecule has 0 spiro atoms. The minimum absolute atomic E-state index is 1.02. The lowest BCUT2D eigenvalue weighted by Gasteiger charge is -2.14. The predicted molar refractivity (Wildman–Crippen MR) is 181 cm³/mol. The van der Waals surface area contributed by atoms with Gasteiger partial charge in [-0.15, -0.1) is 0 Å². The van der Waals surface area contributed by atoms with Crippen molar-refractivity contribution >= 4 is 22.8 Å². The molecule has 2 aromatic rings. The van der Waals surface area contributed by atoms with Gasteiger partial charge in [0.2, 0.25) is 0 Å². The highest BCUT2D eigenvalue weighted by Gasteiger charge is 2.12. The second-order valence-electron chi connectivity index (χ2n) is 11.6. The minimum Gasteiger partial charge on any atom is -0.252 e. The molecule has 0 atom stereocenters. The van der Waals surface area contributed by atoms with Crippen molar-refractivity contribution in [2.45, 2.75) is 157 Å². The smallest absolute Gasteiger partial charge is 0.0639 e. The van der Waals surface area contributed by atoms with E-state index in [-0.39, 0.29) is 0 Å². The van der Waals surface area contributed by atoms with Gasteiger partial charge in [-0.05, 0) is 97.9 Å². The van der Waals surface area contributed by atoms with Crippen LogP contribution in [-0.2, 0) is 25.7 Å². The molecule has 0 amide bonds. The summed E-state index contributed by atoms with van der Waals surface area (Å²) in [6.45, 7) is 13.6. The Morgan fingerprint density at radius 3 is 1.00 bits per heavy atom. The SMILES string of the molecule is CCCCCCCCC(=Nc1cc(CC)cc(CC)c1)C(CCCCCCCC)=Nc1cc(CC)cc(CC)c1. The number of hydrogen-bond acceptors (Lipinski definition) is 2. The van der Waals surface area contributed by atoms with Crippen molar-refractivity contribution in [2.24, 2.45) is 9.98 Å². The summed E-state index contributed by atoms with van der Waals surface area (Å²) in [6, 6.07) is 13.9. The van der Waals surface area contributed by atoms with Crippen LogP contribution in [0.2, 0.25) is 0 Å². The number of unbranched alkanes of at least 4 members (excludes halogenated alkanes) is 10. The molecular weight excluding hydrogens is 484 g/mol. The fourth-order valence-electron chi connectivity index (χ4n) is 5.42. The topological polar surface area (TPSA) is 24.7 Å². The normalized spacial score (nSPS) is 12.3. The van der Waals surface area contributed by atoms with Crippen LogP contribution >= 0.6 is 0 Å². The zero-order valence-corrected chi connectivity index (χ0v) is 27.1. The van der Waals surface area contributed by atoms with E-state index in [1.807, 2.05) is 0 Å². The van der Waals surface area contributed by atoms with Crippen LogP contribution < -0.4 is 0 Å². The Morgan fingerprint density at radius 1 is 0.400 bits per heavy atom. The number of benzene rings is 2. The average Bonchev–Trinajstić information content (AvgIpc) is 2.98. The summed E-state index contributed by atoms with van der Waals surface area (Å²) < 4.78 is 0. The zero-order valence-electron chi connectivity index (χ0n) is 27.1. The lowest BCUT2D eigenvalue weighted by Crippen LogP contribution is -2.14. The minimum atomic E-state index is 1.02. The van der Waals surface area contributed by atoms with Crippen molar-refractivity contribution in [1.82, 2.24) is 0 Å². The second-order valence-corrected chi connectivity index (χ2v) is 11.6. The molecule has 2 aromatic carbocycles. The van der Waals surface area contributed by atoms with Gasteiger partial charge in [-0.1, -0.05) is 118 Å². The standard InChI is InChI=1S/C38H60N2/c1-7-13-15-17-19-21-23-37(39-35-27-31(9-3)25-32(10-4)28-35)38(24-22-20-18-16-14-8-2)40-36-29-33(11-5)26-34(12-6)30-36/h25-30H,7-24H2,1-6H3. The van der Waals surface area contributed by atoms with Crippen LogP contribution in [0.5, 0.6) is 0 Å². The molecule has 0 aliphatic heterocycles. The van der Waals surface area contributed by atoms with Crippen molar-refractivity contribution in [1.29, 1.82) is 0 Å². The molecule has 0 radical (unpaired) electrons. The lowest BCUT2D eigenvalue weighted by atomic mass is 9.99. The van der Waals surface area contributed by atoms with Crippen LogP contribution in [0.15, 0.2) is 46.4 Å². The first-order valence-corrected chi connectivity index (χ1v) is 17.0. The fraction of sp³-hybridized carbons (Fsp3) is 0.632. The van der Waals surface area contributed by atoms with Crippen molar-refractivity contribution in [3.8, 4) is 0 Å². The monoisotopic (exact) mass is 544 g/mol. The van der Waals surface area contributed by atoms with Gasteiger partial charge in [0.15, 0.2) is 0 Å². The Morgan fingerprint density at radius 2 is 0.700 bits per heavy atom. The van der Waals surface area contributed by atoms with Crippen molar-refractivity contribution in [2.75, 3.05) is 0 Å². The van der Waals surface area contributed by atoms with E-state index in [9.17, 15) is 0 Å². The fourth-order valence-corrected chi connectivity index (χ4v) is 5.42. The highest BCUT2D eigenvalue weighted by molar-refractivity contribution is 6.43. The van der Waals surface area contributed by atoms with Gasteiger partial charge < -0.3 is 0 Å². The first kappa shape index (κ1) is 34.0. The first-order chi connectivity index (χ1) is 19.6. The van der Waals surface area contributed by atoms with Gasteiger partial charge in [0.05, 0.1) is 22.8 Å². The van der Waals surface area contributed by atoms with Gasteiger partial charge in [-0.3, -0.25) is 9.98 Å². The number of nitrogens with zero attached hydrogens (tertiary/aromatic N) is 2. The Kier molecular flexibility index (Phi) is 17.5. The van der Waals surface area contributed by atoms with E-state index in [0.29, 0.717) is 0 Å². The summed E-state index contributed by atoms with van der Waals surface area (Å²) >= 11 is 0. The number of aliphatic imine (C=N–C) groups is 2. The van der Waals surface area contributed by atoms with Crippen LogP contribution in [0.1, 0.15) is 154 Å². The maximum absolute atomic E-state index is 5.41. The number of rotatable bonds is 21. The van der Waals surface area contributed by atoms with Gasteiger partial charge in [-0.2, -0.15) is 0 Å². The van der Waals surface area contributed by atoms with Crippen molar-refractivity contribution in [3.63, 3.8) is 0 Å². The summed E-state index contributed by atoms with van der Waals surface area (Å²) in [6.07, 6.45) is 21.8. The Labute approximate surface area is 248 Å². The molecule has 2 rings (SSSR count). The maximum Gasteiger partial charge on any atom is 0.0639 e. The molecule has 0 aliphatic rings. The molecule has 0 aromatic heterocycles. The first-order valence-electron chi connectivity index (χ1n) is 17.0. The Bertz CT molecular complexity index is 902. The third kappa shape index (κ3) is 13.0. The van der Waals surface area contributed by atoms with Gasteiger partial charge in [0.1, 0.15) is 0 Å². The largest absolute Gasteiger partial charge is 0.252 e. The van der Waals surface area contributed by atoms with Crippen LogP contribution in [0, 0.1) is 0 Å². The van der Waals surface area contributed by atoms with Crippen LogP contribution in [-0.4, -0.2) is 11.4 Å². The molecule has 0 saturated carbocycles. The molecule has 0 saturated heterocycles. The van der Waals surface area contributed by atoms with Crippen molar-refractivity contribution in [3.05, 3.63) is 58.7 Å². The Balaban J connectivity index is 2.47. The summed E-state index contributed by atoms with van der Waals surface area (Å²) in [4.78, 5) is 10.8. The van der Waals surface area contributed by atoms with Crippen molar-refractivity contribution < 1.29 is 0 Å². The predicted octanol–water partition coefficient (Wildman–Crippen LogP) is 12.3. The van der Waals surface area contributed by atoms with Gasteiger partial charge in [0, 0.05) is 0 Å². The zero-order chi connectivity index (χ0) is 29.0. The van der Waals surface area contributed by atoms with E-state index in [0.717, 1.165) is 49.9 Å². The van der Waals surface area contributed by atoms with E-state index in [2.05, 4.69) is 77.9 Å². The van der Waals surface area contributed by atoms with Gasteiger partial charge in [0.25, 0.3) is 0 Å². The lowest BCUT2D eigenvalue weighted by molar-refractivity contribution is 0.613. The van der Waals surface area contributed by atoms with E-state index in [1.54, 1.807) is 0 Å². The summed E-state index contributed by atoms with van der Waals surface area (Å²) in [5.41, 5.74) is 10.2. The highest BCUT2D eigenvalue weighted by atomic mass is 14.8. The maximum atomic E-state index is 5.41. The quantitative estimate of drug-likeness (QED) is 0.110. The molecule has 0 aliphatic carbocycles.